The largest absolute Gasteiger partial charge is 0.472 e. The molecule has 0 bridgehead atoms. The highest BCUT2D eigenvalue weighted by Crippen LogP contribution is 2.28. The van der Waals surface area contributed by atoms with Crippen LogP contribution in [-0.4, -0.2) is 47.4 Å². The molecule has 2 amide bonds. The topological polar surface area (TPSA) is 62.7 Å². The van der Waals surface area contributed by atoms with Crippen molar-refractivity contribution in [3.63, 3.8) is 0 Å². The number of ether oxygens (including phenoxy) is 1. The molecule has 0 radical (unpaired) electrons. The van der Waals surface area contributed by atoms with Crippen molar-refractivity contribution in [3.05, 3.63) is 54.0 Å². The van der Waals surface area contributed by atoms with Gasteiger partial charge in [0.25, 0.3) is 0 Å². The lowest BCUT2D eigenvalue weighted by molar-refractivity contribution is -0.135. The van der Waals surface area contributed by atoms with Crippen molar-refractivity contribution in [3.8, 4) is 5.88 Å². The number of carbonyl (C=O) groups is 2. The van der Waals surface area contributed by atoms with Crippen molar-refractivity contribution >= 4 is 17.5 Å². The Hall–Kier alpha value is -2.96. The molecule has 0 spiro atoms. The standard InChI is InChI=1S/C21H22FN3O3/c1-14-2-7-19(23-11-14)28-18-8-9-24(13-18)21(27)15-10-20(26)25(12-15)17-5-3-16(22)4-6-17/h2-7,11,15,18H,8-10,12-13H2,1H3. The minimum Gasteiger partial charge on any atom is -0.472 e. The Balaban J connectivity index is 1.35. The summed E-state index contributed by atoms with van der Waals surface area (Å²) in [6.45, 7) is 3.39. The van der Waals surface area contributed by atoms with Crippen molar-refractivity contribution in [2.24, 2.45) is 5.92 Å². The Bertz CT molecular complexity index is 869. The number of pyridine rings is 1. The molecule has 3 heterocycles. The molecule has 1 aromatic carbocycles. The number of carbonyl (C=O) groups excluding carboxylic acids is 2. The van der Waals surface area contributed by atoms with Gasteiger partial charge in [-0.2, -0.15) is 0 Å². The van der Waals surface area contributed by atoms with Gasteiger partial charge in [-0.15, -0.1) is 0 Å². The van der Waals surface area contributed by atoms with Crippen LogP contribution in [0.1, 0.15) is 18.4 Å². The van der Waals surface area contributed by atoms with Crippen LogP contribution >= 0.6 is 0 Å². The minimum absolute atomic E-state index is 0.0269. The fraction of sp³-hybridized carbons (Fsp3) is 0.381. The maximum absolute atomic E-state index is 13.1. The Labute approximate surface area is 162 Å². The second kappa shape index (κ2) is 7.58. The van der Waals surface area contributed by atoms with Gasteiger partial charge in [0, 0.05) is 43.9 Å². The molecule has 28 heavy (non-hydrogen) atoms. The van der Waals surface area contributed by atoms with Crippen molar-refractivity contribution in [1.82, 2.24) is 9.88 Å². The summed E-state index contributed by atoms with van der Waals surface area (Å²) in [5.41, 5.74) is 1.68. The monoisotopic (exact) mass is 383 g/mol. The first-order valence-corrected chi connectivity index (χ1v) is 9.43. The molecule has 2 saturated heterocycles. The van der Waals surface area contributed by atoms with Crippen LogP contribution in [0.25, 0.3) is 0 Å². The van der Waals surface area contributed by atoms with Crippen molar-refractivity contribution < 1.29 is 18.7 Å². The fourth-order valence-electron chi connectivity index (χ4n) is 3.72. The summed E-state index contributed by atoms with van der Waals surface area (Å²) in [5, 5.41) is 0. The molecule has 1 aromatic heterocycles. The first-order chi connectivity index (χ1) is 13.5. The number of aromatic nitrogens is 1. The van der Waals surface area contributed by atoms with Gasteiger partial charge >= 0.3 is 0 Å². The zero-order valence-electron chi connectivity index (χ0n) is 15.7. The Kier molecular flexibility index (Phi) is 4.98. The normalized spacial score (nSPS) is 22.0. The number of amides is 2. The highest BCUT2D eigenvalue weighted by molar-refractivity contribution is 6.00. The van der Waals surface area contributed by atoms with E-state index < -0.39 is 0 Å². The molecule has 0 N–H and O–H groups in total. The number of hydrogen-bond donors (Lipinski definition) is 0. The van der Waals surface area contributed by atoms with Crippen LogP contribution in [0.2, 0.25) is 0 Å². The molecule has 2 unspecified atom stereocenters. The molecule has 0 aliphatic carbocycles. The molecule has 2 atom stereocenters. The van der Waals surface area contributed by atoms with Crippen LogP contribution in [0.4, 0.5) is 10.1 Å². The third kappa shape index (κ3) is 3.83. The van der Waals surface area contributed by atoms with E-state index in [0.717, 1.165) is 12.0 Å². The number of nitrogens with zero attached hydrogens (tertiary/aromatic N) is 3. The highest BCUT2D eigenvalue weighted by Gasteiger charge is 2.39. The lowest BCUT2D eigenvalue weighted by atomic mass is 10.1. The third-order valence-electron chi connectivity index (χ3n) is 5.24. The second-order valence-corrected chi connectivity index (χ2v) is 7.37. The van der Waals surface area contributed by atoms with Gasteiger partial charge in [-0.1, -0.05) is 6.07 Å². The van der Waals surface area contributed by atoms with Crippen LogP contribution in [0, 0.1) is 18.7 Å². The van der Waals surface area contributed by atoms with E-state index in [9.17, 15) is 14.0 Å². The number of benzene rings is 1. The van der Waals surface area contributed by atoms with Gasteiger partial charge in [-0.05, 0) is 36.8 Å². The van der Waals surface area contributed by atoms with Crippen molar-refractivity contribution in [2.75, 3.05) is 24.5 Å². The summed E-state index contributed by atoms with van der Waals surface area (Å²) in [6.07, 6.45) is 2.58. The summed E-state index contributed by atoms with van der Waals surface area (Å²) in [7, 11) is 0. The number of aryl methyl sites for hydroxylation is 1. The van der Waals surface area contributed by atoms with Crippen LogP contribution in [0.15, 0.2) is 42.6 Å². The predicted molar refractivity (Wildman–Crippen MR) is 101 cm³/mol. The summed E-state index contributed by atoms with van der Waals surface area (Å²) >= 11 is 0. The van der Waals surface area contributed by atoms with Gasteiger partial charge in [-0.3, -0.25) is 9.59 Å². The molecule has 4 rings (SSSR count). The van der Waals surface area contributed by atoms with E-state index in [4.69, 9.17) is 4.74 Å². The first kappa shape index (κ1) is 18.4. The number of likely N-dealkylation sites (tertiary alicyclic amines) is 1. The molecular formula is C21H22FN3O3. The van der Waals surface area contributed by atoms with Gasteiger partial charge in [0.15, 0.2) is 0 Å². The van der Waals surface area contributed by atoms with Crippen LogP contribution in [0.3, 0.4) is 0 Å². The van der Waals surface area contributed by atoms with Gasteiger partial charge in [-0.25, -0.2) is 9.37 Å². The van der Waals surface area contributed by atoms with E-state index in [1.165, 1.54) is 12.1 Å². The Morgan fingerprint density at radius 3 is 2.68 bits per heavy atom. The van der Waals surface area contributed by atoms with Crippen LogP contribution in [0.5, 0.6) is 5.88 Å². The predicted octanol–water partition coefficient (Wildman–Crippen LogP) is 2.56. The van der Waals surface area contributed by atoms with E-state index in [0.29, 0.717) is 31.2 Å². The fourth-order valence-corrected chi connectivity index (χ4v) is 3.72. The smallest absolute Gasteiger partial charge is 0.228 e. The van der Waals surface area contributed by atoms with E-state index in [1.54, 1.807) is 28.1 Å². The summed E-state index contributed by atoms with van der Waals surface area (Å²) in [4.78, 5) is 32.8. The summed E-state index contributed by atoms with van der Waals surface area (Å²) in [6, 6.07) is 9.53. The lowest BCUT2D eigenvalue weighted by Gasteiger charge is -2.21. The molecule has 2 fully saturated rings. The maximum atomic E-state index is 13.1. The first-order valence-electron chi connectivity index (χ1n) is 9.43. The number of anilines is 1. The van der Waals surface area contributed by atoms with E-state index in [1.807, 2.05) is 19.1 Å². The SMILES string of the molecule is Cc1ccc(OC2CCN(C(=O)C3CC(=O)N(c4ccc(F)cc4)C3)C2)nc1. The molecular weight excluding hydrogens is 361 g/mol. The zero-order chi connectivity index (χ0) is 19.7. The summed E-state index contributed by atoms with van der Waals surface area (Å²) < 4.78 is 19.0. The average molecular weight is 383 g/mol. The van der Waals surface area contributed by atoms with E-state index in [2.05, 4.69) is 4.98 Å². The van der Waals surface area contributed by atoms with Gasteiger partial charge in [0.1, 0.15) is 11.9 Å². The minimum atomic E-state index is -0.381. The Morgan fingerprint density at radius 1 is 1.18 bits per heavy atom. The maximum Gasteiger partial charge on any atom is 0.228 e. The molecule has 2 aromatic rings. The molecule has 2 aliphatic rings. The molecule has 146 valence electrons. The van der Waals surface area contributed by atoms with Crippen molar-refractivity contribution in [2.45, 2.75) is 25.9 Å². The van der Waals surface area contributed by atoms with Crippen LogP contribution < -0.4 is 9.64 Å². The molecule has 6 nitrogen and oxygen atoms in total. The van der Waals surface area contributed by atoms with Gasteiger partial charge < -0.3 is 14.5 Å². The molecule has 7 heteroatoms. The van der Waals surface area contributed by atoms with Crippen molar-refractivity contribution in [1.29, 1.82) is 0 Å². The second-order valence-electron chi connectivity index (χ2n) is 7.37. The Morgan fingerprint density at radius 2 is 1.96 bits per heavy atom. The zero-order valence-corrected chi connectivity index (χ0v) is 15.7. The average Bonchev–Trinajstić information content (AvgIpc) is 3.31. The van der Waals surface area contributed by atoms with E-state index >= 15 is 0 Å². The third-order valence-corrected chi connectivity index (χ3v) is 5.24. The number of rotatable bonds is 4. The quantitative estimate of drug-likeness (QED) is 0.814. The van der Waals surface area contributed by atoms with Crippen LogP contribution in [-0.2, 0) is 9.59 Å². The lowest BCUT2D eigenvalue weighted by Crippen LogP contribution is -2.37. The molecule has 0 saturated carbocycles. The highest BCUT2D eigenvalue weighted by atomic mass is 19.1. The summed E-state index contributed by atoms with van der Waals surface area (Å²) in [5.74, 6) is -0.312. The number of halogens is 1. The van der Waals surface area contributed by atoms with Gasteiger partial charge in [0.2, 0.25) is 17.7 Å². The van der Waals surface area contributed by atoms with E-state index in [-0.39, 0.29) is 36.1 Å². The van der Waals surface area contributed by atoms with Gasteiger partial charge in [0.05, 0.1) is 12.5 Å². The molecule has 2 aliphatic heterocycles. The number of hydrogen-bond acceptors (Lipinski definition) is 4.